The minimum Gasteiger partial charge on any atom is -0.355 e. The van der Waals surface area contributed by atoms with Crippen molar-refractivity contribution in [2.45, 2.75) is 6.42 Å². The largest absolute Gasteiger partial charge is 0.355 e. The summed E-state index contributed by atoms with van der Waals surface area (Å²) in [6, 6.07) is 13.3. The molecule has 3 aromatic rings. The molecular weight excluding hydrogens is 345 g/mol. The molecule has 1 aliphatic rings. The second-order valence-electron chi connectivity index (χ2n) is 6.40. The van der Waals surface area contributed by atoms with Crippen LogP contribution in [0.3, 0.4) is 0 Å². The summed E-state index contributed by atoms with van der Waals surface area (Å²) in [6.45, 7) is 0.422. The monoisotopic (exact) mass is 363 g/mol. The molecule has 0 radical (unpaired) electrons. The number of carbonyl (C=O) groups excluding carboxylic acids is 2. The maximum absolute atomic E-state index is 13.2. The Kier molecular flexibility index (Phi) is 4.24. The molecule has 0 saturated heterocycles. The number of fused-ring (bicyclic) bond motifs is 3. The Balaban J connectivity index is 1.79. The van der Waals surface area contributed by atoms with E-state index in [9.17, 15) is 14.0 Å². The number of aromatic nitrogens is 1. The van der Waals surface area contributed by atoms with Gasteiger partial charge < -0.3 is 15.2 Å². The SMILES string of the molecule is CNC(=O)C1=CN(C(=O)c2ccc(F)cc2)CCc2c1[nH]c1ccccc21. The van der Waals surface area contributed by atoms with E-state index in [1.54, 1.807) is 13.2 Å². The molecule has 136 valence electrons. The van der Waals surface area contributed by atoms with Crippen LogP contribution < -0.4 is 5.32 Å². The maximum atomic E-state index is 13.2. The molecule has 0 spiro atoms. The third-order valence-corrected chi connectivity index (χ3v) is 4.79. The number of likely N-dealkylation sites (N-methyl/N-ethyl adjacent to an activating group) is 1. The molecule has 2 aromatic carbocycles. The van der Waals surface area contributed by atoms with Crippen LogP contribution in [0.15, 0.2) is 54.7 Å². The molecule has 5 nitrogen and oxygen atoms in total. The second-order valence-corrected chi connectivity index (χ2v) is 6.40. The zero-order chi connectivity index (χ0) is 19.0. The number of aromatic amines is 1. The van der Waals surface area contributed by atoms with E-state index in [1.807, 2.05) is 24.3 Å². The number of benzene rings is 2. The first kappa shape index (κ1) is 17.0. The summed E-state index contributed by atoms with van der Waals surface area (Å²) in [4.78, 5) is 30.2. The summed E-state index contributed by atoms with van der Waals surface area (Å²) in [5, 5.41) is 3.68. The van der Waals surface area contributed by atoms with Gasteiger partial charge in [0.1, 0.15) is 5.82 Å². The predicted octanol–water partition coefficient (Wildman–Crippen LogP) is 3.09. The smallest absolute Gasteiger partial charge is 0.257 e. The van der Waals surface area contributed by atoms with Gasteiger partial charge in [-0.3, -0.25) is 9.59 Å². The lowest BCUT2D eigenvalue weighted by molar-refractivity contribution is -0.115. The molecule has 2 amide bonds. The Morgan fingerprint density at radius 3 is 2.59 bits per heavy atom. The van der Waals surface area contributed by atoms with Gasteiger partial charge >= 0.3 is 0 Å². The van der Waals surface area contributed by atoms with Crippen LogP contribution in [0.4, 0.5) is 4.39 Å². The fourth-order valence-electron chi connectivity index (χ4n) is 3.43. The molecule has 1 aliphatic heterocycles. The zero-order valence-corrected chi connectivity index (χ0v) is 14.8. The fourth-order valence-corrected chi connectivity index (χ4v) is 3.43. The van der Waals surface area contributed by atoms with Crippen LogP contribution in [0.25, 0.3) is 16.5 Å². The van der Waals surface area contributed by atoms with E-state index in [2.05, 4.69) is 10.3 Å². The highest BCUT2D eigenvalue weighted by atomic mass is 19.1. The Bertz CT molecular complexity index is 1070. The molecule has 0 aliphatic carbocycles. The number of hydrogen-bond acceptors (Lipinski definition) is 2. The number of halogens is 1. The first-order valence-corrected chi connectivity index (χ1v) is 8.69. The first-order valence-electron chi connectivity index (χ1n) is 8.69. The summed E-state index contributed by atoms with van der Waals surface area (Å²) >= 11 is 0. The highest BCUT2D eigenvalue weighted by Gasteiger charge is 2.26. The summed E-state index contributed by atoms with van der Waals surface area (Å²) in [7, 11) is 1.56. The minimum atomic E-state index is -0.398. The van der Waals surface area contributed by atoms with E-state index in [4.69, 9.17) is 0 Å². The Morgan fingerprint density at radius 1 is 1.11 bits per heavy atom. The average molecular weight is 363 g/mol. The predicted molar refractivity (Wildman–Crippen MR) is 101 cm³/mol. The molecule has 1 aromatic heterocycles. The van der Waals surface area contributed by atoms with Gasteiger partial charge in [-0.1, -0.05) is 18.2 Å². The fraction of sp³-hybridized carbons (Fsp3) is 0.143. The third-order valence-electron chi connectivity index (χ3n) is 4.79. The van der Waals surface area contributed by atoms with Crippen molar-refractivity contribution in [2.24, 2.45) is 0 Å². The number of rotatable bonds is 2. The second kappa shape index (κ2) is 6.72. The molecule has 0 atom stereocenters. The number of carbonyl (C=O) groups is 2. The highest BCUT2D eigenvalue weighted by Crippen LogP contribution is 2.31. The van der Waals surface area contributed by atoms with Gasteiger partial charge in [0.2, 0.25) is 0 Å². The zero-order valence-electron chi connectivity index (χ0n) is 14.8. The lowest BCUT2D eigenvalue weighted by Crippen LogP contribution is -2.28. The molecule has 2 heterocycles. The van der Waals surface area contributed by atoms with Gasteiger partial charge in [0, 0.05) is 36.3 Å². The molecule has 6 heteroatoms. The molecule has 4 rings (SSSR count). The molecule has 2 N–H and O–H groups in total. The van der Waals surface area contributed by atoms with E-state index < -0.39 is 5.82 Å². The Labute approximate surface area is 155 Å². The van der Waals surface area contributed by atoms with Gasteiger partial charge in [-0.25, -0.2) is 4.39 Å². The van der Waals surface area contributed by atoms with Crippen molar-refractivity contribution >= 4 is 28.3 Å². The summed E-state index contributed by atoms with van der Waals surface area (Å²) in [6.07, 6.45) is 2.18. The van der Waals surface area contributed by atoms with Crippen molar-refractivity contribution in [3.63, 3.8) is 0 Å². The van der Waals surface area contributed by atoms with Gasteiger partial charge in [-0.15, -0.1) is 0 Å². The van der Waals surface area contributed by atoms with Crippen molar-refractivity contribution in [3.05, 3.63) is 77.4 Å². The van der Waals surface area contributed by atoms with E-state index >= 15 is 0 Å². The van der Waals surface area contributed by atoms with Crippen LogP contribution in [-0.4, -0.2) is 35.3 Å². The standard InChI is InChI=1S/C21H18FN3O2/c1-23-20(26)17-12-25(21(27)13-6-8-14(22)9-7-13)11-10-16-15-4-2-3-5-18(15)24-19(16)17/h2-9,12,24H,10-11H2,1H3,(H,23,26). The summed E-state index contributed by atoms with van der Waals surface area (Å²) < 4.78 is 13.2. The van der Waals surface area contributed by atoms with Crippen LogP contribution in [0.5, 0.6) is 0 Å². The molecule has 0 bridgehead atoms. The van der Waals surface area contributed by atoms with Gasteiger partial charge in [0.25, 0.3) is 11.8 Å². The number of nitrogens with zero attached hydrogens (tertiary/aromatic N) is 1. The van der Waals surface area contributed by atoms with E-state index in [0.717, 1.165) is 22.2 Å². The van der Waals surface area contributed by atoms with E-state index in [0.29, 0.717) is 24.1 Å². The van der Waals surface area contributed by atoms with Crippen LogP contribution in [0.1, 0.15) is 21.6 Å². The van der Waals surface area contributed by atoms with Crippen LogP contribution in [0, 0.1) is 5.82 Å². The molecule has 0 saturated carbocycles. The number of H-pyrrole nitrogens is 1. The van der Waals surface area contributed by atoms with Crippen LogP contribution in [-0.2, 0) is 11.2 Å². The number of nitrogens with one attached hydrogen (secondary N) is 2. The first-order chi connectivity index (χ1) is 13.1. The molecular formula is C21H18FN3O2. The Hall–Kier alpha value is -3.41. The maximum Gasteiger partial charge on any atom is 0.257 e. The molecule has 27 heavy (non-hydrogen) atoms. The lowest BCUT2D eigenvalue weighted by Gasteiger charge is -2.18. The van der Waals surface area contributed by atoms with Crippen LogP contribution >= 0.6 is 0 Å². The molecule has 0 unspecified atom stereocenters. The highest BCUT2D eigenvalue weighted by molar-refractivity contribution is 6.21. The van der Waals surface area contributed by atoms with Crippen molar-refractivity contribution in [3.8, 4) is 0 Å². The number of para-hydroxylation sites is 1. The topological polar surface area (TPSA) is 65.2 Å². The quantitative estimate of drug-likeness (QED) is 0.735. The van der Waals surface area contributed by atoms with Crippen molar-refractivity contribution in [1.82, 2.24) is 15.2 Å². The van der Waals surface area contributed by atoms with Gasteiger partial charge in [0.15, 0.2) is 0 Å². The summed E-state index contributed by atoms with van der Waals surface area (Å²) in [5.41, 5.74) is 3.46. The Morgan fingerprint density at radius 2 is 1.85 bits per heavy atom. The van der Waals surface area contributed by atoms with Crippen molar-refractivity contribution in [1.29, 1.82) is 0 Å². The lowest BCUT2D eigenvalue weighted by atomic mass is 10.0. The van der Waals surface area contributed by atoms with E-state index in [-0.39, 0.29) is 11.8 Å². The van der Waals surface area contributed by atoms with Gasteiger partial charge in [-0.2, -0.15) is 0 Å². The van der Waals surface area contributed by atoms with Crippen LogP contribution in [0.2, 0.25) is 0 Å². The minimum absolute atomic E-state index is 0.272. The number of hydrogen-bond donors (Lipinski definition) is 2. The van der Waals surface area contributed by atoms with Gasteiger partial charge in [0.05, 0.1) is 11.3 Å². The normalized spacial score (nSPS) is 13.7. The number of amides is 2. The van der Waals surface area contributed by atoms with Crippen molar-refractivity contribution < 1.29 is 14.0 Å². The molecule has 0 fully saturated rings. The van der Waals surface area contributed by atoms with Crippen molar-refractivity contribution in [2.75, 3.05) is 13.6 Å². The van der Waals surface area contributed by atoms with E-state index in [1.165, 1.54) is 29.2 Å². The van der Waals surface area contributed by atoms with Gasteiger partial charge in [-0.05, 0) is 42.3 Å². The summed E-state index contributed by atoms with van der Waals surface area (Å²) in [5.74, 6) is -0.946. The third kappa shape index (κ3) is 2.99. The average Bonchev–Trinajstić information content (AvgIpc) is 2.95.